The van der Waals surface area contributed by atoms with Gasteiger partial charge in [-0.3, -0.25) is 9.78 Å². The number of carbonyl (C=O) groups is 1. The number of carbonyl (C=O) groups excluding carboxylic acids is 1. The Hall–Kier alpha value is -1.45. The summed E-state index contributed by atoms with van der Waals surface area (Å²) in [6, 6.07) is 1.19. The van der Waals surface area contributed by atoms with Crippen molar-refractivity contribution in [1.29, 1.82) is 0 Å². The highest BCUT2D eigenvalue weighted by Crippen LogP contribution is 2.06. The van der Waals surface area contributed by atoms with Crippen LogP contribution in [0.1, 0.15) is 37.0 Å². The lowest BCUT2D eigenvalue weighted by atomic mass is 10.0. The summed E-state index contributed by atoms with van der Waals surface area (Å²) in [6.45, 7) is 4.80. The van der Waals surface area contributed by atoms with Crippen LogP contribution < -0.4 is 5.32 Å². The van der Waals surface area contributed by atoms with E-state index in [1.165, 1.54) is 12.3 Å². The van der Waals surface area contributed by atoms with Crippen molar-refractivity contribution in [2.24, 2.45) is 5.92 Å². The number of amides is 1. The Morgan fingerprint density at radius 3 is 2.69 bits per heavy atom. The average Bonchev–Trinajstić information content (AvgIpc) is 2.30. The minimum absolute atomic E-state index is 0.265. The van der Waals surface area contributed by atoms with E-state index in [0.29, 0.717) is 12.5 Å². The van der Waals surface area contributed by atoms with Crippen LogP contribution in [0.2, 0.25) is 0 Å². The molecule has 1 aromatic heterocycles. The van der Waals surface area contributed by atoms with Crippen molar-refractivity contribution in [3.8, 4) is 0 Å². The molecule has 1 heterocycles. The SMILES string of the molecule is CCC(CC)CNC(=O)c1cncc(F)c1. The molecular formula is C12H17FN2O. The standard InChI is InChI=1S/C12H17FN2O/c1-3-9(4-2)6-15-12(16)10-5-11(13)8-14-7-10/h5,7-9H,3-4,6H2,1-2H3,(H,15,16). The molecule has 1 rings (SSSR count). The zero-order valence-corrected chi connectivity index (χ0v) is 9.66. The monoisotopic (exact) mass is 224 g/mol. The van der Waals surface area contributed by atoms with E-state index in [9.17, 15) is 9.18 Å². The van der Waals surface area contributed by atoms with Crippen LogP contribution in [0.25, 0.3) is 0 Å². The highest BCUT2D eigenvalue weighted by atomic mass is 19.1. The summed E-state index contributed by atoms with van der Waals surface area (Å²) in [4.78, 5) is 15.3. The second-order valence-electron chi connectivity index (χ2n) is 3.78. The largest absolute Gasteiger partial charge is 0.352 e. The lowest BCUT2D eigenvalue weighted by Gasteiger charge is -2.12. The van der Waals surface area contributed by atoms with Gasteiger partial charge >= 0.3 is 0 Å². The van der Waals surface area contributed by atoms with E-state index in [1.807, 2.05) is 0 Å². The molecule has 0 spiro atoms. The molecule has 0 aromatic carbocycles. The molecule has 0 bridgehead atoms. The van der Waals surface area contributed by atoms with Crippen molar-refractivity contribution in [2.75, 3.05) is 6.54 Å². The van der Waals surface area contributed by atoms with Crippen LogP contribution in [0.15, 0.2) is 18.5 Å². The number of aromatic nitrogens is 1. The summed E-state index contributed by atoms with van der Waals surface area (Å²) in [5.41, 5.74) is 0.269. The fraction of sp³-hybridized carbons (Fsp3) is 0.500. The third-order valence-corrected chi connectivity index (χ3v) is 2.67. The minimum Gasteiger partial charge on any atom is -0.352 e. The highest BCUT2D eigenvalue weighted by Gasteiger charge is 2.09. The fourth-order valence-corrected chi connectivity index (χ4v) is 1.45. The quantitative estimate of drug-likeness (QED) is 0.834. The number of pyridine rings is 1. The molecule has 1 amide bonds. The van der Waals surface area contributed by atoms with E-state index in [2.05, 4.69) is 24.1 Å². The summed E-state index contributed by atoms with van der Waals surface area (Å²) in [5.74, 6) is -0.278. The molecule has 0 aliphatic rings. The molecule has 1 N–H and O–H groups in total. The van der Waals surface area contributed by atoms with E-state index >= 15 is 0 Å². The molecule has 3 nitrogen and oxygen atoms in total. The van der Waals surface area contributed by atoms with Crippen LogP contribution in [-0.2, 0) is 0 Å². The molecule has 0 aliphatic heterocycles. The molecule has 88 valence electrons. The van der Waals surface area contributed by atoms with Crippen molar-refractivity contribution in [3.63, 3.8) is 0 Å². The molecule has 16 heavy (non-hydrogen) atoms. The van der Waals surface area contributed by atoms with Crippen molar-refractivity contribution in [2.45, 2.75) is 26.7 Å². The number of nitrogens with zero attached hydrogens (tertiary/aromatic N) is 1. The van der Waals surface area contributed by atoms with E-state index in [1.54, 1.807) is 0 Å². The van der Waals surface area contributed by atoms with Gasteiger partial charge in [0, 0.05) is 12.7 Å². The summed E-state index contributed by atoms with van der Waals surface area (Å²) >= 11 is 0. The number of hydrogen-bond donors (Lipinski definition) is 1. The first-order valence-corrected chi connectivity index (χ1v) is 5.56. The summed E-state index contributed by atoms with van der Waals surface area (Å²) in [5, 5.41) is 2.78. The number of hydrogen-bond acceptors (Lipinski definition) is 2. The molecule has 0 unspecified atom stereocenters. The zero-order chi connectivity index (χ0) is 12.0. The Balaban J connectivity index is 2.52. The first-order valence-electron chi connectivity index (χ1n) is 5.56. The molecule has 1 aromatic rings. The van der Waals surface area contributed by atoms with Gasteiger partial charge in [0.2, 0.25) is 0 Å². The first kappa shape index (κ1) is 12.6. The average molecular weight is 224 g/mol. The van der Waals surface area contributed by atoms with Gasteiger partial charge in [-0.15, -0.1) is 0 Å². The first-order chi connectivity index (χ1) is 7.67. The Morgan fingerprint density at radius 1 is 1.44 bits per heavy atom. The van der Waals surface area contributed by atoms with E-state index < -0.39 is 5.82 Å². The number of nitrogens with one attached hydrogen (secondary N) is 1. The molecule has 0 atom stereocenters. The third kappa shape index (κ3) is 3.61. The van der Waals surface area contributed by atoms with Crippen molar-refractivity contribution in [1.82, 2.24) is 10.3 Å². The predicted octanol–water partition coefficient (Wildman–Crippen LogP) is 2.39. The Kier molecular flexibility index (Phi) is 4.89. The molecule has 4 heteroatoms. The Labute approximate surface area is 95.1 Å². The predicted molar refractivity (Wildman–Crippen MR) is 60.6 cm³/mol. The lowest BCUT2D eigenvalue weighted by Crippen LogP contribution is -2.29. The second kappa shape index (κ2) is 6.20. The van der Waals surface area contributed by atoms with Crippen LogP contribution in [0.5, 0.6) is 0 Å². The maximum Gasteiger partial charge on any atom is 0.252 e. The second-order valence-corrected chi connectivity index (χ2v) is 3.78. The van der Waals surface area contributed by atoms with Gasteiger partial charge in [0.1, 0.15) is 5.82 Å². The topological polar surface area (TPSA) is 42.0 Å². The van der Waals surface area contributed by atoms with Gasteiger partial charge in [-0.1, -0.05) is 26.7 Å². The van der Waals surface area contributed by atoms with Gasteiger partial charge in [-0.2, -0.15) is 0 Å². The molecule has 0 saturated heterocycles. The normalized spacial score (nSPS) is 10.5. The zero-order valence-electron chi connectivity index (χ0n) is 9.66. The van der Waals surface area contributed by atoms with Crippen molar-refractivity contribution >= 4 is 5.91 Å². The van der Waals surface area contributed by atoms with Gasteiger partial charge in [0.15, 0.2) is 0 Å². The van der Waals surface area contributed by atoms with Gasteiger partial charge in [0.25, 0.3) is 5.91 Å². The number of rotatable bonds is 5. The third-order valence-electron chi connectivity index (χ3n) is 2.67. The molecule has 0 saturated carbocycles. The summed E-state index contributed by atoms with van der Waals surface area (Å²) in [6.07, 6.45) is 4.50. The van der Waals surface area contributed by atoms with Crippen molar-refractivity contribution < 1.29 is 9.18 Å². The maximum atomic E-state index is 12.8. The van der Waals surface area contributed by atoms with Crippen LogP contribution in [0.4, 0.5) is 4.39 Å². The molecule has 0 fully saturated rings. The summed E-state index contributed by atoms with van der Waals surface area (Å²) < 4.78 is 12.8. The van der Waals surface area contributed by atoms with Crippen LogP contribution in [-0.4, -0.2) is 17.4 Å². The van der Waals surface area contributed by atoms with Gasteiger partial charge < -0.3 is 5.32 Å². The van der Waals surface area contributed by atoms with Crippen LogP contribution >= 0.6 is 0 Å². The lowest BCUT2D eigenvalue weighted by molar-refractivity contribution is 0.0945. The highest BCUT2D eigenvalue weighted by molar-refractivity contribution is 5.93. The Morgan fingerprint density at radius 2 is 2.12 bits per heavy atom. The maximum absolute atomic E-state index is 12.8. The van der Waals surface area contributed by atoms with E-state index in [4.69, 9.17) is 0 Å². The summed E-state index contributed by atoms with van der Waals surface area (Å²) in [7, 11) is 0. The fourth-order valence-electron chi connectivity index (χ4n) is 1.45. The van der Waals surface area contributed by atoms with Gasteiger partial charge in [-0.25, -0.2) is 4.39 Å². The molecule has 0 aliphatic carbocycles. The minimum atomic E-state index is -0.491. The molecule has 0 radical (unpaired) electrons. The van der Waals surface area contributed by atoms with Gasteiger partial charge in [-0.05, 0) is 12.0 Å². The van der Waals surface area contributed by atoms with Crippen LogP contribution in [0.3, 0.4) is 0 Å². The number of halogens is 1. The smallest absolute Gasteiger partial charge is 0.252 e. The van der Waals surface area contributed by atoms with Crippen molar-refractivity contribution in [3.05, 3.63) is 29.8 Å². The van der Waals surface area contributed by atoms with E-state index in [-0.39, 0.29) is 11.5 Å². The van der Waals surface area contributed by atoms with Crippen LogP contribution in [0, 0.1) is 11.7 Å². The Bertz CT molecular complexity index is 351. The van der Waals surface area contributed by atoms with Gasteiger partial charge in [0.05, 0.1) is 11.8 Å². The van der Waals surface area contributed by atoms with E-state index in [0.717, 1.165) is 19.0 Å². The molecular weight excluding hydrogens is 207 g/mol.